The van der Waals surface area contributed by atoms with Crippen molar-refractivity contribution in [3.8, 4) is 11.4 Å². The van der Waals surface area contributed by atoms with Gasteiger partial charge in [-0.15, -0.1) is 10.2 Å². The van der Waals surface area contributed by atoms with E-state index in [0.29, 0.717) is 32.8 Å². The van der Waals surface area contributed by atoms with E-state index in [1.807, 2.05) is 0 Å². The van der Waals surface area contributed by atoms with Gasteiger partial charge in [0.05, 0.1) is 21.3 Å². The molecule has 3 rings (SSSR count). The fraction of sp³-hybridized carbons (Fsp3) is 0. The number of rotatable bonds is 1. The maximum Gasteiger partial charge on any atom is 0.189 e. The normalized spacial score (nSPS) is 11.0. The van der Waals surface area contributed by atoms with E-state index < -0.39 is 0 Å². The Balaban J connectivity index is 2.36. The molecule has 0 amide bonds. The third-order valence-corrected chi connectivity index (χ3v) is 3.19. The highest BCUT2D eigenvalue weighted by Gasteiger charge is 2.17. The molecule has 90 valence electrons. The van der Waals surface area contributed by atoms with Crippen LogP contribution in [-0.2, 0) is 0 Å². The van der Waals surface area contributed by atoms with Crippen molar-refractivity contribution in [2.75, 3.05) is 5.73 Å². The molecule has 7 heteroatoms. The quantitative estimate of drug-likeness (QED) is 0.696. The van der Waals surface area contributed by atoms with Crippen LogP contribution in [0.2, 0.25) is 10.0 Å². The number of halogens is 2. The van der Waals surface area contributed by atoms with Crippen LogP contribution in [-0.4, -0.2) is 19.8 Å². The zero-order valence-corrected chi connectivity index (χ0v) is 10.5. The van der Waals surface area contributed by atoms with Gasteiger partial charge in [0, 0.05) is 6.20 Å². The molecule has 0 fully saturated rings. The second-order valence-corrected chi connectivity index (χ2v) is 4.45. The number of aromatic nitrogens is 4. The molecule has 0 saturated carbocycles. The molecule has 0 bridgehead atoms. The second kappa shape index (κ2) is 4.12. The summed E-state index contributed by atoms with van der Waals surface area (Å²) < 4.78 is 1.56. The van der Waals surface area contributed by atoms with E-state index >= 15 is 0 Å². The maximum atomic E-state index is 6.15. The summed E-state index contributed by atoms with van der Waals surface area (Å²) in [7, 11) is 0. The summed E-state index contributed by atoms with van der Waals surface area (Å²) in [6.45, 7) is 0. The van der Waals surface area contributed by atoms with Crippen LogP contribution in [0, 0.1) is 0 Å². The van der Waals surface area contributed by atoms with Gasteiger partial charge in [0.25, 0.3) is 0 Å². The topological polar surface area (TPSA) is 69.1 Å². The highest BCUT2D eigenvalue weighted by Crippen LogP contribution is 2.36. The molecule has 0 aliphatic carbocycles. The van der Waals surface area contributed by atoms with Gasteiger partial charge in [-0.3, -0.25) is 0 Å². The fourth-order valence-electron chi connectivity index (χ4n) is 1.69. The van der Waals surface area contributed by atoms with Crippen molar-refractivity contribution in [1.29, 1.82) is 0 Å². The van der Waals surface area contributed by atoms with Gasteiger partial charge in [-0.1, -0.05) is 23.2 Å². The van der Waals surface area contributed by atoms with E-state index in [2.05, 4.69) is 15.3 Å². The summed E-state index contributed by atoms with van der Waals surface area (Å²) in [4.78, 5) is 0. The average molecular weight is 280 g/mol. The van der Waals surface area contributed by atoms with Crippen LogP contribution < -0.4 is 5.73 Å². The highest BCUT2D eigenvalue weighted by atomic mass is 35.5. The van der Waals surface area contributed by atoms with Gasteiger partial charge in [0.1, 0.15) is 0 Å². The lowest BCUT2D eigenvalue weighted by Crippen LogP contribution is -1.98. The van der Waals surface area contributed by atoms with Crippen LogP contribution in [0.25, 0.3) is 17.0 Å². The Hall–Kier alpha value is -1.85. The van der Waals surface area contributed by atoms with Gasteiger partial charge >= 0.3 is 0 Å². The van der Waals surface area contributed by atoms with E-state index in [9.17, 15) is 0 Å². The molecule has 0 aliphatic heterocycles. The largest absolute Gasteiger partial charge is 0.397 e. The molecule has 0 spiro atoms. The van der Waals surface area contributed by atoms with E-state index in [1.165, 1.54) is 0 Å². The van der Waals surface area contributed by atoms with Crippen molar-refractivity contribution in [1.82, 2.24) is 19.8 Å². The van der Waals surface area contributed by atoms with Crippen LogP contribution in [0.4, 0.5) is 5.69 Å². The summed E-state index contributed by atoms with van der Waals surface area (Å²) in [6.07, 6.45) is 1.63. The van der Waals surface area contributed by atoms with Crippen LogP contribution in [0.15, 0.2) is 30.5 Å². The van der Waals surface area contributed by atoms with Crippen molar-refractivity contribution >= 4 is 34.5 Å². The minimum absolute atomic E-state index is 0.365. The molecule has 2 N–H and O–H groups in total. The number of anilines is 1. The number of nitrogens with two attached hydrogens (primary N) is 1. The smallest absolute Gasteiger partial charge is 0.189 e. The fourth-order valence-corrected chi connectivity index (χ4v) is 2.10. The lowest BCUT2D eigenvalue weighted by atomic mass is 10.1. The number of hydrogen-bond donors (Lipinski definition) is 1. The van der Waals surface area contributed by atoms with Crippen molar-refractivity contribution < 1.29 is 0 Å². The van der Waals surface area contributed by atoms with Crippen LogP contribution in [0.3, 0.4) is 0 Å². The Bertz CT molecular complexity index is 737. The van der Waals surface area contributed by atoms with Gasteiger partial charge in [0.15, 0.2) is 11.5 Å². The molecule has 0 unspecified atom stereocenters. The minimum atomic E-state index is 0.365. The Kier molecular flexibility index (Phi) is 2.57. The molecule has 0 aliphatic rings. The Labute approximate surface area is 112 Å². The molecular formula is C11H7Cl2N5. The maximum absolute atomic E-state index is 6.15. The summed E-state index contributed by atoms with van der Waals surface area (Å²) >= 11 is 12.1. The highest BCUT2D eigenvalue weighted by molar-refractivity contribution is 6.37. The third-order valence-electron chi connectivity index (χ3n) is 2.54. The number of fused-ring (bicyclic) bond motifs is 1. The summed E-state index contributed by atoms with van der Waals surface area (Å²) in [5.74, 6) is 0.468. The Morgan fingerprint density at radius 3 is 2.67 bits per heavy atom. The molecule has 1 aromatic carbocycles. The van der Waals surface area contributed by atoms with Crippen LogP contribution in [0.5, 0.6) is 0 Å². The lowest BCUT2D eigenvalue weighted by Gasteiger charge is -2.07. The molecule has 2 heterocycles. The Morgan fingerprint density at radius 1 is 1.06 bits per heavy atom. The third kappa shape index (κ3) is 1.60. The summed E-state index contributed by atoms with van der Waals surface area (Å²) in [5, 5.41) is 13.1. The zero-order valence-electron chi connectivity index (χ0n) is 9.01. The van der Waals surface area contributed by atoms with Gasteiger partial charge in [-0.25, -0.2) is 0 Å². The summed E-state index contributed by atoms with van der Waals surface area (Å²) in [6, 6.07) is 6.87. The number of hydrogen-bond acceptors (Lipinski definition) is 4. The van der Waals surface area contributed by atoms with Crippen LogP contribution in [0.1, 0.15) is 0 Å². The van der Waals surface area contributed by atoms with E-state index in [0.717, 1.165) is 0 Å². The minimum Gasteiger partial charge on any atom is -0.397 e. The molecule has 0 atom stereocenters. The number of benzene rings is 1. The molecule has 3 aromatic rings. The first kappa shape index (κ1) is 11.3. The van der Waals surface area contributed by atoms with Gasteiger partial charge < -0.3 is 5.73 Å². The average Bonchev–Trinajstić information content (AvgIpc) is 2.79. The van der Waals surface area contributed by atoms with Gasteiger partial charge in [0.2, 0.25) is 0 Å². The Morgan fingerprint density at radius 2 is 1.83 bits per heavy atom. The lowest BCUT2D eigenvalue weighted by molar-refractivity contribution is 0.936. The second-order valence-electron chi connectivity index (χ2n) is 3.64. The molecule has 0 saturated heterocycles. The SMILES string of the molecule is Nc1c(Cl)ccc(Cl)c1-c1nnc2cccnn12. The van der Waals surface area contributed by atoms with E-state index in [1.54, 1.807) is 35.0 Å². The standard InChI is InChI=1S/C11H7Cl2N5/c12-6-3-4-7(13)10(14)9(6)11-17-16-8-2-1-5-15-18(8)11/h1-5H,14H2. The molecule has 18 heavy (non-hydrogen) atoms. The van der Waals surface area contributed by atoms with Crippen LogP contribution >= 0.6 is 23.2 Å². The molecular weight excluding hydrogens is 273 g/mol. The first-order chi connectivity index (χ1) is 8.68. The number of nitrogen functional groups attached to an aromatic ring is 1. The predicted octanol–water partition coefficient (Wildman–Crippen LogP) is 2.68. The predicted molar refractivity (Wildman–Crippen MR) is 70.7 cm³/mol. The summed E-state index contributed by atoms with van der Waals surface area (Å²) in [5.41, 5.74) is 7.46. The van der Waals surface area contributed by atoms with Crippen molar-refractivity contribution in [2.24, 2.45) is 0 Å². The van der Waals surface area contributed by atoms with Crippen molar-refractivity contribution in [3.05, 3.63) is 40.5 Å². The first-order valence-electron chi connectivity index (χ1n) is 5.09. The first-order valence-corrected chi connectivity index (χ1v) is 5.84. The van der Waals surface area contributed by atoms with E-state index in [4.69, 9.17) is 28.9 Å². The molecule has 5 nitrogen and oxygen atoms in total. The van der Waals surface area contributed by atoms with Crippen molar-refractivity contribution in [2.45, 2.75) is 0 Å². The van der Waals surface area contributed by atoms with E-state index in [-0.39, 0.29) is 0 Å². The van der Waals surface area contributed by atoms with Gasteiger partial charge in [-0.2, -0.15) is 9.61 Å². The monoisotopic (exact) mass is 279 g/mol. The molecule has 2 aromatic heterocycles. The van der Waals surface area contributed by atoms with Gasteiger partial charge in [-0.05, 0) is 24.3 Å². The zero-order chi connectivity index (χ0) is 12.7. The number of nitrogens with zero attached hydrogens (tertiary/aromatic N) is 4. The molecule has 0 radical (unpaired) electrons. The van der Waals surface area contributed by atoms with Crippen molar-refractivity contribution in [3.63, 3.8) is 0 Å².